The molecule has 1 aliphatic carbocycles. The van der Waals surface area contributed by atoms with Gasteiger partial charge in [0, 0.05) is 17.5 Å². The standard InChI is InChI=1S/C18H28ClNO2/c1-12(2)13-10-14(21-3)17(22-4)15(16(13)19)18(11-20)8-6-5-7-9-18/h10,12H,5-9,11,20H2,1-4H3. The third kappa shape index (κ3) is 2.93. The molecular formula is C18H28ClNO2. The fraction of sp³-hybridized carbons (Fsp3) is 0.667. The number of halogens is 1. The smallest absolute Gasteiger partial charge is 0.166 e. The summed E-state index contributed by atoms with van der Waals surface area (Å²) in [5, 5.41) is 0.806. The van der Waals surface area contributed by atoms with Gasteiger partial charge in [-0.25, -0.2) is 0 Å². The van der Waals surface area contributed by atoms with Crippen LogP contribution in [-0.4, -0.2) is 20.8 Å². The molecule has 1 aliphatic rings. The third-order valence-corrected chi connectivity index (χ3v) is 5.40. The van der Waals surface area contributed by atoms with Crippen LogP contribution in [0.15, 0.2) is 6.07 Å². The largest absolute Gasteiger partial charge is 0.493 e. The predicted octanol–water partition coefficient (Wildman–Crippen LogP) is 4.64. The highest BCUT2D eigenvalue weighted by Gasteiger charge is 2.39. The van der Waals surface area contributed by atoms with Gasteiger partial charge in [-0.2, -0.15) is 0 Å². The lowest BCUT2D eigenvalue weighted by molar-refractivity contribution is 0.281. The van der Waals surface area contributed by atoms with Crippen LogP contribution in [0.5, 0.6) is 11.5 Å². The molecule has 4 heteroatoms. The molecule has 1 fully saturated rings. The van der Waals surface area contributed by atoms with Crippen LogP contribution in [0.2, 0.25) is 5.02 Å². The molecule has 1 aromatic rings. The zero-order chi connectivity index (χ0) is 16.3. The van der Waals surface area contributed by atoms with Gasteiger partial charge in [-0.05, 0) is 30.4 Å². The molecule has 3 nitrogen and oxygen atoms in total. The van der Waals surface area contributed by atoms with Gasteiger partial charge >= 0.3 is 0 Å². The minimum Gasteiger partial charge on any atom is -0.493 e. The van der Waals surface area contributed by atoms with Crippen molar-refractivity contribution in [2.24, 2.45) is 5.73 Å². The minimum absolute atomic E-state index is 0.0984. The molecule has 0 radical (unpaired) electrons. The van der Waals surface area contributed by atoms with Gasteiger partial charge in [0.2, 0.25) is 0 Å². The van der Waals surface area contributed by atoms with Crippen molar-refractivity contribution in [2.45, 2.75) is 57.3 Å². The van der Waals surface area contributed by atoms with Crippen LogP contribution >= 0.6 is 11.6 Å². The van der Waals surface area contributed by atoms with Crippen molar-refractivity contribution in [3.05, 3.63) is 22.2 Å². The van der Waals surface area contributed by atoms with Crippen molar-refractivity contribution in [2.75, 3.05) is 20.8 Å². The Morgan fingerprint density at radius 2 is 1.82 bits per heavy atom. The molecule has 1 aromatic carbocycles. The summed E-state index contributed by atoms with van der Waals surface area (Å²) < 4.78 is 11.3. The highest BCUT2D eigenvalue weighted by molar-refractivity contribution is 6.32. The van der Waals surface area contributed by atoms with Crippen LogP contribution in [-0.2, 0) is 5.41 Å². The number of benzene rings is 1. The lowest BCUT2D eigenvalue weighted by Crippen LogP contribution is -2.38. The number of hydrogen-bond donors (Lipinski definition) is 1. The predicted molar refractivity (Wildman–Crippen MR) is 92.5 cm³/mol. The second-order valence-corrected chi connectivity index (χ2v) is 6.97. The highest BCUT2D eigenvalue weighted by Crippen LogP contribution is 2.51. The second kappa shape index (κ2) is 7.10. The first kappa shape index (κ1) is 17.4. The summed E-state index contributed by atoms with van der Waals surface area (Å²) in [7, 11) is 3.36. The summed E-state index contributed by atoms with van der Waals surface area (Å²) in [4.78, 5) is 0. The van der Waals surface area contributed by atoms with Gasteiger partial charge in [0.15, 0.2) is 11.5 Å². The van der Waals surface area contributed by atoms with Gasteiger partial charge in [0.25, 0.3) is 0 Å². The van der Waals surface area contributed by atoms with Crippen molar-refractivity contribution >= 4 is 11.6 Å². The first-order chi connectivity index (χ1) is 10.5. The minimum atomic E-state index is -0.0984. The first-order valence-electron chi connectivity index (χ1n) is 8.15. The summed E-state index contributed by atoms with van der Waals surface area (Å²) >= 11 is 6.83. The summed E-state index contributed by atoms with van der Waals surface area (Å²) in [6, 6.07) is 2.00. The van der Waals surface area contributed by atoms with Crippen LogP contribution < -0.4 is 15.2 Å². The maximum absolute atomic E-state index is 6.83. The molecular weight excluding hydrogens is 298 g/mol. The third-order valence-electron chi connectivity index (χ3n) is 4.99. The summed E-state index contributed by atoms with van der Waals surface area (Å²) in [5.74, 6) is 1.83. The molecule has 0 aromatic heterocycles. The maximum atomic E-state index is 6.83. The van der Waals surface area contributed by atoms with Crippen molar-refractivity contribution in [1.82, 2.24) is 0 Å². The van der Waals surface area contributed by atoms with Crippen LogP contribution in [0.3, 0.4) is 0 Å². The molecule has 0 aliphatic heterocycles. The molecule has 0 bridgehead atoms. The van der Waals surface area contributed by atoms with Gasteiger partial charge in [-0.15, -0.1) is 0 Å². The van der Waals surface area contributed by atoms with Crippen molar-refractivity contribution < 1.29 is 9.47 Å². The van der Waals surface area contributed by atoms with E-state index in [-0.39, 0.29) is 5.41 Å². The first-order valence-corrected chi connectivity index (χ1v) is 8.53. The van der Waals surface area contributed by atoms with Gasteiger partial charge in [0.1, 0.15) is 0 Å². The average molecular weight is 326 g/mol. The van der Waals surface area contributed by atoms with Crippen LogP contribution in [0, 0.1) is 0 Å². The van der Waals surface area contributed by atoms with E-state index in [0.29, 0.717) is 12.5 Å². The van der Waals surface area contributed by atoms with E-state index in [2.05, 4.69) is 13.8 Å². The fourth-order valence-electron chi connectivity index (χ4n) is 3.67. The van der Waals surface area contributed by atoms with E-state index in [9.17, 15) is 0 Å². The summed E-state index contributed by atoms with van der Waals surface area (Å²) in [6.07, 6.45) is 5.76. The van der Waals surface area contributed by atoms with E-state index >= 15 is 0 Å². The van der Waals surface area contributed by atoms with Crippen molar-refractivity contribution in [1.29, 1.82) is 0 Å². The molecule has 2 rings (SSSR count). The van der Waals surface area contributed by atoms with Crippen molar-refractivity contribution in [3.63, 3.8) is 0 Å². The SMILES string of the molecule is COc1cc(C(C)C)c(Cl)c(C2(CN)CCCCC2)c1OC. The Bertz CT molecular complexity index is 522. The van der Waals surface area contributed by atoms with Crippen LogP contribution in [0.4, 0.5) is 0 Å². The molecule has 0 unspecified atom stereocenters. The Hall–Kier alpha value is -0.930. The Morgan fingerprint density at radius 1 is 1.18 bits per heavy atom. The molecule has 22 heavy (non-hydrogen) atoms. The number of nitrogens with two attached hydrogens (primary N) is 1. The fourth-order valence-corrected chi connectivity index (χ4v) is 4.23. The summed E-state index contributed by atoms with van der Waals surface area (Å²) in [5.41, 5.74) is 8.29. The number of rotatable bonds is 5. The molecule has 0 spiro atoms. The second-order valence-electron chi connectivity index (χ2n) is 6.59. The Kier molecular flexibility index (Phi) is 5.62. The Labute approximate surface area is 139 Å². The molecule has 2 N–H and O–H groups in total. The van der Waals surface area contributed by atoms with E-state index < -0.39 is 0 Å². The monoisotopic (exact) mass is 325 g/mol. The van der Waals surface area contributed by atoms with Crippen molar-refractivity contribution in [3.8, 4) is 11.5 Å². The molecule has 0 atom stereocenters. The van der Waals surface area contributed by atoms with Gasteiger partial charge in [-0.1, -0.05) is 44.7 Å². The van der Waals surface area contributed by atoms with Gasteiger partial charge in [0.05, 0.1) is 19.2 Å². The maximum Gasteiger partial charge on any atom is 0.166 e. The molecule has 0 saturated heterocycles. The zero-order valence-corrected chi connectivity index (χ0v) is 14.9. The normalized spacial score (nSPS) is 17.6. The van der Waals surface area contributed by atoms with E-state index in [0.717, 1.165) is 40.5 Å². The topological polar surface area (TPSA) is 44.5 Å². The Morgan fingerprint density at radius 3 is 2.27 bits per heavy atom. The van der Waals surface area contributed by atoms with E-state index in [4.69, 9.17) is 26.8 Å². The van der Waals surface area contributed by atoms with E-state index in [1.807, 2.05) is 6.07 Å². The lowest BCUT2D eigenvalue weighted by atomic mass is 9.68. The average Bonchev–Trinajstić information content (AvgIpc) is 2.54. The van der Waals surface area contributed by atoms with Gasteiger partial charge in [-0.3, -0.25) is 0 Å². The molecule has 124 valence electrons. The number of hydrogen-bond acceptors (Lipinski definition) is 3. The lowest BCUT2D eigenvalue weighted by Gasteiger charge is -2.39. The Balaban J connectivity index is 2.72. The highest BCUT2D eigenvalue weighted by atomic mass is 35.5. The zero-order valence-electron chi connectivity index (χ0n) is 14.2. The van der Waals surface area contributed by atoms with E-state index in [1.165, 1.54) is 19.3 Å². The number of ether oxygens (including phenoxy) is 2. The molecule has 0 amide bonds. The van der Waals surface area contributed by atoms with E-state index in [1.54, 1.807) is 14.2 Å². The van der Waals surface area contributed by atoms with Gasteiger partial charge < -0.3 is 15.2 Å². The summed E-state index contributed by atoms with van der Waals surface area (Å²) in [6.45, 7) is 4.88. The van der Waals surface area contributed by atoms with Crippen LogP contribution in [0.1, 0.15) is 63.0 Å². The quantitative estimate of drug-likeness (QED) is 0.857. The molecule has 0 heterocycles. The van der Waals surface area contributed by atoms with Crippen LogP contribution in [0.25, 0.3) is 0 Å². The molecule has 1 saturated carbocycles. The number of methoxy groups -OCH3 is 2.